The molecule has 0 aromatic heterocycles. The normalized spacial score (nSPS) is 10.4. The molecule has 0 heterocycles. The molecule has 0 radical (unpaired) electrons. The van der Waals surface area contributed by atoms with Crippen molar-refractivity contribution >= 4 is 23.5 Å². The molecule has 0 saturated heterocycles. The summed E-state index contributed by atoms with van der Waals surface area (Å²) in [4.78, 5) is 38.8. The van der Waals surface area contributed by atoms with Crippen LogP contribution < -0.4 is 5.32 Å². The number of para-hydroxylation sites is 1. The summed E-state index contributed by atoms with van der Waals surface area (Å²) in [5, 5.41) is 2.65. The lowest BCUT2D eigenvalue weighted by molar-refractivity contribution is -0.136. The van der Waals surface area contributed by atoms with Crippen LogP contribution in [0.15, 0.2) is 54.6 Å². The number of esters is 1. The summed E-state index contributed by atoms with van der Waals surface area (Å²) in [6.45, 7) is 6.21. The van der Waals surface area contributed by atoms with Gasteiger partial charge in [-0.25, -0.2) is 4.79 Å². The molecule has 0 aliphatic rings. The molecule has 0 bridgehead atoms. The van der Waals surface area contributed by atoms with Crippen LogP contribution in [0.5, 0.6) is 0 Å². The van der Waals surface area contributed by atoms with Crippen molar-refractivity contribution in [3.8, 4) is 0 Å². The van der Waals surface area contributed by atoms with Crippen molar-refractivity contribution in [2.24, 2.45) is 0 Å². The fraction of sp³-hybridized carbons (Fsp3) is 0.318. The van der Waals surface area contributed by atoms with Crippen molar-refractivity contribution in [1.29, 1.82) is 0 Å². The van der Waals surface area contributed by atoms with E-state index in [4.69, 9.17) is 4.74 Å². The first-order valence-corrected chi connectivity index (χ1v) is 9.31. The zero-order chi connectivity index (χ0) is 20.5. The second kappa shape index (κ2) is 10.3. The number of amides is 2. The van der Waals surface area contributed by atoms with Crippen LogP contribution in [0, 0.1) is 0 Å². The average Bonchev–Trinajstić information content (AvgIpc) is 2.67. The number of nitrogens with zero attached hydrogens (tertiary/aromatic N) is 1. The highest BCUT2D eigenvalue weighted by Crippen LogP contribution is 2.17. The molecule has 2 aromatic carbocycles. The summed E-state index contributed by atoms with van der Waals surface area (Å²) in [6, 6.07) is 16.2. The van der Waals surface area contributed by atoms with Gasteiger partial charge in [0, 0.05) is 12.6 Å². The second-order valence-electron chi connectivity index (χ2n) is 6.59. The molecule has 0 aliphatic carbocycles. The third kappa shape index (κ3) is 5.94. The van der Waals surface area contributed by atoms with Crippen molar-refractivity contribution in [3.05, 3.63) is 65.7 Å². The Bertz CT molecular complexity index is 818. The van der Waals surface area contributed by atoms with Gasteiger partial charge in [-0.1, -0.05) is 42.5 Å². The predicted octanol–water partition coefficient (Wildman–Crippen LogP) is 3.63. The fourth-order valence-corrected chi connectivity index (χ4v) is 2.75. The van der Waals surface area contributed by atoms with E-state index in [1.54, 1.807) is 36.1 Å². The maximum atomic E-state index is 12.7. The second-order valence-corrected chi connectivity index (χ2v) is 6.59. The van der Waals surface area contributed by atoms with E-state index in [-0.39, 0.29) is 30.5 Å². The Kier molecular flexibility index (Phi) is 7.75. The minimum absolute atomic E-state index is 0.0488. The van der Waals surface area contributed by atoms with Gasteiger partial charge in [-0.3, -0.25) is 9.59 Å². The Morgan fingerprint density at radius 3 is 2.29 bits per heavy atom. The molecule has 0 spiro atoms. The first kappa shape index (κ1) is 21.2. The topological polar surface area (TPSA) is 75.7 Å². The molecular weight excluding hydrogens is 356 g/mol. The molecule has 28 heavy (non-hydrogen) atoms. The molecule has 1 N–H and O–H groups in total. The Morgan fingerprint density at radius 1 is 1.00 bits per heavy atom. The van der Waals surface area contributed by atoms with Gasteiger partial charge in [0.1, 0.15) is 6.42 Å². The average molecular weight is 382 g/mol. The third-order valence-electron chi connectivity index (χ3n) is 4.15. The highest BCUT2D eigenvalue weighted by Gasteiger charge is 2.21. The fourth-order valence-electron chi connectivity index (χ4n) is 2.75. The number of hydrogen-bond donors (Lipinski definition) is 1. The van der Waals surface area contributed by atoms with Gasteiger partial charge >= 0.3 is 5.97 Å². The van der Waals surface area contributed by atoms with Gasteiger partial charge < -0.3 is 15.0 Å². The minimum Gasteiger partial charge on any atom is -0.462 e. The highest BCUT2D eigenvalue weighted by atomic mass is 16.5. The number of nitrogens with one attached hydrogen (secondary N) is 1. The summed E-state index contributed by atoms with van der Waals surface area (Å²) in [7, 11) is 0. The number of rotatable bonds is 8. The van der Waals surface area contributed by atoms with Gasteiger partial charge in [0.15, 0.2) is 0 Å². The number of carbonyl (C=O) groups is 3. The number of anilines is 1. The number of benzene rings is 2. The van der Waals surface area contributed by atoms with Crippen LogP contribution in [0.25, 0.3) is 0 Å². The van der Waals surface area contributed by atoms with Gasteiger partial charge in [0.05, 0.1) is 17.9 Å². The molecule has 0 unspecified atom stereocenters. The van der Waals surface area contributed by atoms with Crippen LogP contribution in [-0.2, 0) is 20.9 Å². The van der Waals surface area contributed by atoms with E-state index < -0.39 is 11.9 Å². The van der Waals surface area contributed by atoms with Gasteiger partial charge in [0.25, 0.3) is 0 Å². The quantitative estimate of drug-likeness (QED) is 0.559. The molecular formula is C22H26N2O4. The third-order valence-corrected chi connectivity index (χ3v) is 4.15. The monoisotopic (exact) mass is 382 g/mol. The van der Waals surface area contributed by atoms with Crippen LogP contribution in [0.3, 0.4) is 0 Å². The first-order valence-electron chi connectivity index (χ1n) is 9.31. The van der Waals surface area contributed by atoms with Crippen molar-refractivity contribution < 1.29 is 19.1 Å². The van der Waals surface area contributed by atoms with Gasteiger partial charge in [-0.15, -0.1) is 0 Å². The van der Waals surface area contributed by atoms with Crippen molar-refractivity contribution in [2.45, 2.75) is 39.8 Å². The van der Waals surface area contributed by atoms with Gasteiger partial charge in [-0.2, -0.15) is 0 Å². The Balaban J connectivity index is 2.05. The van der Waals surface area contributed by atoms with Crippen LogP contribution in [0.1, 0.15) is 43.1 Å². The number of carbonyl (C=O) groups excluding carboxylic acids is 3. The van der Waals surface area contributed by atoms with E-state index in [1.807, 2.05) is 44.2 Å². The maximum Gasteiger partial charge on any atom is 0.340 e. The summed E-state index contributed by atoms with van der Waals surface area (Å²) in [6.07, 6.45) is -0.303. The van der Waals surface area contributed by atoms with Crippen LogP contribution in [-0.4, -0.2) is 35.3 Å². The lowest BCUT2D eigenvalue weighted by Gasteiger charge is -2.27. The molecule has 0 fully saturated rings. The molecule has 2 aromatic rings. The zero-order valence-corrected chi connectivity index (χ0v) is 16.5. The largest absolute Gasteiger partial charge is 0.462 e. The molecule has 6 nitrogen and oxygen atoms in total. The van der Waals surface area contributed by atoms with E-state index >= 15 is 0 Å². The van der Waals surface area contributed by atoms with Crippen LogP contribution in [0.2, 0.25) is 0 Å². The minimum atomic E-state index is -0.516. The number of hydrogen-bond acceptors (Lipinski definition) is 4. The summed E-state index contributed by atoms with van der Waals surface area (Å²) >= 11 is 0. The van der Waals surface area contributed by atoms with Crippen molar-refractivity contribution in [3.63, 3.8) is 0 Å². The molecule has 0 aliphatic heterocycles. The smallest absolute Gasteiger partial charge is 0.340 e. The van der Waals surface area contributed by atoms with E-state index in [1.165, 1.54) is 0 Å². The highest BCUT2D eigenvalue weighted by molar-refractivity contribution is 6.06. The van der Waals surface area contributed by atoms with Gasteiger partial charge in [0.2, 0.25) is 11.8 Å². The Hall–Kier alpha value is -3.15. The van der Waals surface area contributed by atoms with E-state index in [0.29, 0.717) is 12.2 Å². The Labute approximate surface area is 165 Å². The van der Waals surface area contributed by atoms with E-state index in [2.05, 4.69) is 5.32 Å². The molecule has 2 rings (SSSR count). The van der Waals surface area contributed by atoms with Crippen molar-refractivity contribution in [2.75, 3.05) is 11.9 Å². The Morgan fingerprint density at radius 2 is 1.64 bits per heavy atom. The van der Waals surface area contributed by atoms with Crippen LogP contribution >= 0.6 is 0 Å². The van der Waals surface area contributed by atoms with E-state index in [9.17, 15) is 14.4 Å². The van der Waals surface area contributed by atoms with Crippen LogP contribution in [0.4, 0.5) is 5.69 Å². The number of ether oxygens (including phenoxy) is 1. The molecule has 0 atom stereocenters. The lowest BCUT2D eigenvalue weighted by Crippen LogP contribution is -2.38. The molecule has 2 amide bonds. The van der Waals surface area contributed by atoms with Gasteiger partial charge in [-0.05, 0) is 38.5 Å². The first-order chi connectivity index (χ1) is 13.4. The lowest BCUT2D eigenvalue weighted by atomic mass is 10.1. The molecule has 148 valence electrons. The summed E-state index contributed by atoms with van der Waals surface area (Å²) in [5.41, 5.74) is 1.59. The predicted molar refractivity (Wildman–Crippen MR) is 108 cm³/mol. The maximum absolute atomic E-state index is 12.7. The summed E-state index contributed by atoms with van der Waals surface area (Å²) < 4.78 is 5.00. The zero-order valence-electron chi connectivity index (χ0n) is 16.5. The molecule has 6 heteroatoms. The standard InChI is InChI=1S/C22H26N2O4/c1-4-28-22(27)18-12-8-9-13-19(18)23-20(25)14-21(26)24(16(2)3)15-17-10-6-5-7-11-17/h5-13,16H,4,14-15H2,1-3H3,(H,23,25). The SMILES string of the molecule is CCOC(=O)c1ccccc1NC(=O)CC(=O)N(Cc1ccccc1)C(C)C. The molecule has 0 saturated carbocycles. The summed E-state index contributed by atoms with van der Waals surface area (Å²) in [5.74, 6) is -1.26. The van der Waals surface area contributed by atoms with E-state index in [0.717, 1.165) is 5.56 Å². The van der Waals surface area contributed by atoms with Crippen molar-refractivity contribution in [1.82, 2.24) is 4.90 Å².